The Bertz CT molecular complexity index is 844. The van der Waals surface area contributed by atoms with Gasteiger partial charge in [0, 0.05) is 17.8 Å². The number of benzene rings is 1. The highest BCUT2D eigenvalue weighted by atomic mass is 32.1. The van der Waals surface area contributed by atoms with Gasteiger partial charge < -0.3 is 9.73 Å². The van der Waals surface area contributed by atoms with Crippen LogP contribution >= 0.6 is 11.3 Å². The molecule has 1 N–H and O–H groups in total. The van der Waals surface area contributed by atoms with Crippen molar-refractivity contribution in [2.75, 3.05) is 5.32 Å². The molecule has 0 aliphatic carbocycles. The van der Waals surface area contributed by atoms with Crippen LogP contribution in [0.3, 0.4) is 0 Å². The molecule has 2 aromatic heterocycles. The zero-order valence-electron chi connectivity index (χ0n) is 11.6. The summed E-state index contributed by atoms with van der Waals surface area (Å²) in [6.07, 6.45) is 0. The van der Waals surface area contributed by atoms with Gasteiger partial charge in [-0.25, -0.2) is 4.79 Å². The molecule has 3 rings (SSSR count). The SMILES string of the molecule is CC(C)n1c(=O)oc2cc(NC(=O)c3cccs3)ccc21. The molecule has 21 heavy (non-hydrogen) atoms. The van der Waals surface area contributed by atoms with Crippen molar-refractivity contribution >= 4 is 34.0 Å². The van der Waals surface area contributed by atoms with Crippen LogP contribution in [0.2, 0.25) is 0 Å². The number of fused-ring (bicyclic) bond motifs is 1. The topological polar surface area (TPSA) is 64.2 Å². The first kappa shape index (κ1) is 13.6. The Kier molecular flexibility index (Phi) is 3.39. The van der Waals surface area contributed by atoms with E-state index in [0.717, 1.165) is 5.52 Å². The number of nitrogens with one attached hydrogen (secondary N) is 1. The van der Waals surface area contributed by atoms with Crippen LogP contribution in [0.1, 0.15) is 29.6 Å². The maximum Gasteiger partial charge on any atom is 0.420 e. The molecule has 0 aliphatic heterocycles. The summed E-state index contributed by atoms with van der Waals surface area (Å²) in [7, 11) is 0. The number of nitrogens with zero attached hydrogens (tertiary/aromatic N) is 1. The van der Waals surface area contributed by atoms with E-state index >= 15 is 0 Å². The van der Waals surface area contributed by atoms with E-state index in [9.17, 15) is 9.59 Å². The summed E-state index contributed by atoms with van der Waals surface area (Å²) in [5.41, 5.74) is 1.80. The van der Waals surface area contributed by atoms with E-state index in [-0.39, 0.29) is 17.7 Å². The third-order valence-electron chi connectivity index (χ3n) is 3.13. The van der Waals surface area contributed by atoms with Gasteiger partial charge in [-0.15, -0.1) is 11.3 Å². The molecule has 0 fully saturated rings. The minimum absolute atomic E-state index is 0.0188. The smallest absolute Gasteiger partial charge is 0.408 e. The van der Waals surface area contributed by atoms with Crippen LogP contribution in [-0.2, 0) is 0 Å². The van der Waals surface area contributed by atoms with Crippen LogP contribution in [0.5, 0.6) is 0 Å². The van der Waals surface area contributed by atoms with E-state index < -0.39 is 0 Å². The maximum absolute atomic E-state index is 12.0. The van der Waals surface area contributed by atoms with Gasteiger partial charge in [0.2, 0.25) is 0 Å². The highest BCUT2D eigenvalue weighted by Crippen LogP contribution is 2.21. The van der Waals surface area contributed by atoms with E-state index in [2.05, 4.69) is 5.32 Å². The molecule has 1 amide bonds. The van der Waals surface area contributed by atoms with Gasteiger partial charge in [0.25, 0.3) is 5.91 Å². The largest absolute Gasteiger partial charge is 0.420 e. The maximum atomic E-state index is 12.0. The number of amides is 1. The van der Waals surface area contributed by atoms with Gasteiger partial charge >= 0.3 is 5.76 Å². The molecule has 0 saturated carbocycles. The third kappa shape index (κ3) is 2.50. The Morgan fingerprint density at radius 3 is 2.81 bits per heavy atom. The zero-order valence-corrected chi connectivity index (χ0v) is 12.4. The number of anilines is 1. The molecular formula is C15H14N2O3S. The molecule has 3 aromatic rings. The van der Waals surface area contributed by atoms with E-state index in [1.807, 2.05) is 25.3 Å². The Morgan fingerprint density at radius 2 is 2.14 bits per heavy atom. The fourth-order valence-corrected chi connectivity index (χ4v) is 2.82. The predicted octanol–water partition coefficient (Wildman–Crippen LogP) is 3.49. The molecule has 0 saturated heterocycles. The Labute approximate surface area is 124 Å². The van der Waals surface area contributed by atoms with Crippen molar-refractivity contribution in [1.29, 1.82) is 0 Å². The molecule has 0 unspecified atom stereocenters. The average molecular weight is 302 g/mol. The summed E-state index contributed by atoms with van der Waals surface area (Å²) >= 11 is 1.37. The van der Waals surface area contributed by atoms with Gasteiger partial charge in [-0.2, -0.15) is 0 Å². The number of hydrogen-bond donors (Lipinski definition) is 1. The lowest BCUT2D eigenvalue weighted by Crippen LogP contribution is -2.15. The Hall–Kier alpha value is -2.34. The minimum atomic E-state index is -0.387. The van der Waals surface area contributed by atoms with Gasteiger partial charge in [0.05, 0.1) is 10.4 Å². The van der Waals surface area contributed by atoms with Crippen molar-refractivity contribution in [1.82, 2.24) is 4.57 Å². The molecule has 0 bridgehead atoms. The van der Waals surface area contributed by atoms with Crippen LogP contribution < -0.4 is 11.1 Å². The van der Waals surface area contributed by atoms with Gasteiger partial charge in [-0.1, -0.05) is 6.07 Å². The summed E-state index contributed by atoms with van der Waals surface area (Å²) in [6, 6.07) is 8.82. The van der Waals surface area contributed by atoms with Crippen molar-refractivity contribution in [3.8, 4) is 0 Å². The monoisotopic (exact) mass is 302 g/mol. The number of oxazole rings is 1. The first-order valence-electron chi connectivity index (χ1n) is 6.56. The normalized spacial score (nSPS) is 11.2. The minimum Gasteiger partial charge on any atom is -0.408 e. The standard InChI is InChI=1S/C15H14N2O3S/c1-9(2)17-11-6-5-10(8-12(11)20-15(17)19)16-14(18)13-4-3-7-21-13/h3-9H,1-2H3,(H,16,18). The first-order valence-corrected chi connectivity index (χ1v) is 7.44. The van der Waals surface area contributed by atoms with Crippen LogP contribution in [-0.4, -0.2) is 10.5 Å². The van der Waals surface area contributed by atoms with Crippen molar-refractivity contribution in [2.24, 2.45) is 0 Å². The van der Waals surface area contributed by atoms with E-state index in [1.165, 1.54) is 11.3 Å². The molecule has 2 heterocycles. The second-order valence-corrected chi connectivity index (χ2v) is 5.89. The fraction of sp³-hybridized carbons (Fsp3) is 0.200. The lowest BCUT2D eigenvalue weighted by molar-refractivity contribution is 0.103. The molecule has 0 radical (unpaired) electrons. The highest BCUT2D eigenvalue weighted by Gasteiger charge is 2.13. The number of carbonyl (C=O) groups is 1. The first-order chi connectivity index (χ1) is 10.1. The predicted molar refractivity (Wildman–Crippen MR) is 83.1 cm³/mol. The summed E-state index contributed by atoms with van der Waals surface area (Å²) in [4.78, 5) is 24.4. The van der Waals surface area contributed by atoms with Gasteiger partial charge in [0.1, 0.15) is 0 Å². The molecule has 0 atom stereocenters. The van der Waals surface area contributed by atoms with Gasteiger partial charge in [-0.3, -0.25) is 9.36 Å². The van der Waals surface area contributed by atoms with Crippen LogP contribution in [0.25, 0.3) is 11.1 Å². The second-order valence-electron chi connectivity index (χ2n) is 4.95. The quantitative estimate of drug-likeness (QED) is 0.805. The van der Waals surface area contributed by atoms with E-state index in [0.29, 0.717) is 16.1 Å². The fourth-order valence-electron chi connectivity index (χ4n) is 2.20. The number of aromatic nitrogens is 1. The number of carbonyl (C=O) groups excluding carboxylic acids is 1. The summed E-state index contributed by atoms with van der Waals surface area (Å²) < 4.78 is 6.82. The van der Waals surface area contributed by atoms with Crippen LogP contribution in [0, 0.1) is 0 Å². The lowest BCUT2D eigenvalue weighted by Gasteiger charge is -2.06. The number of thiophene rings is 1. The highest BCUT2D eigenvalue weighted by molar-refractivity contribution is 7.12. The van der Waals surface area contributed by atoms with Crippen LogP contribution in [0.15, 0.2) is 44.9 Å². The molecule has 0 aliphatic rings. The van der Waals surface area contributed by atoms with Crippen molar-refractivity contribution in [3.05, 3.63) is 51.1 Å². The Balaban J connectivity index is 1.95. The third-order valence-corrected chi connectivity index (χ3v) is 4.00. The second kappa shape index (κ2) is 5.21. The lowest BCUT2D eigenvalue weighted by atomic mass is 10.2. The van der Waals surface area contributed by atoms with Gasteiger partial charge in [-0.05, 0) is 37.4 Å². The Morgan fingerprint density at radius 1 is 1.33 bits per heavy atom. The summed E-state index contributed by atoms with van der Waals surface area (Å²) in [6.45, 7) is 3.84. The molecule has 6 heteroatoms. The van der Waals surface area contributed by atoms with Crippen molar-refractivity contribution < 1.29 is 9.21 Å². The molecule has 1 aromatic carbocycles. The van der Waals surface area contributed by atoms with Crippen LogP contribution in [0.4, 0.5) is 5.69 Å². The molecule has 0 spiro atoms. The van der Waals surface area contributed by atoms with E-state index in [4.69, 9.17) is 4.42 Å². The van der Waals surface area contributed by atoms with Crippen molar-refractivity contribution in [3.63, 3.8) is 0 Å². The average Bonchev–Trinajstić information content (AvgIpc) is 3.04. The van der Waals surface area contributed by atoms with Gasteiger partial charge in [0.15, 0.2) is 5.58 Å². The zero-order chi connectivity index (χ0) is 15.0. The molecular weight excluding hydrogens is 288 g/mol. The number of rotatable bonds is 3. The molecule has 5 nitrogen and oxygen atoms in total. The molecule has 108 valence electrons. The summed E-state index contributed by atoms with van der Waals surface area (Å²) in [5, 5.41) is 4.64. The van der Waals surface area contributed by atoms with E-state index in [1.54, 1.807) is 28.8 Å². The number of hydrogen-bond acceptors (Lipinski definition) is 4. The van der Waals surface area contributed by atoms with Crippen molar-refractivity contribution in [2.45, 2.75) is 19.9 Å². The summed E-state index contributed by atoms with van der Waals surface area (Å²) in [5.74, 6) is -0.559.